The van der Waals surface area contributed by atoms with Gasteiger partial charge in [-0.2, -0.15) is 0 Å². The molecule has 0 amide bonds. The predicted octanol–water partition coefficient (Wildman–Crippen LogP) is 3.26. The van der Waals surface area contributed by atoms with E-state index in [9.17, 15) is 18.3 Å². The van der Waals surface area contributed by atoms with Gasteiger partial charge in [0, 0.05) is 24.2 Å². The Balaban J connectivity index is 2.02. The van der Waals surface area contributed by atoms with Gasteiger partial charge in [0.1, 0.15) is 5.82 Å². The van der Waals surface area contributed by atoms with Crippen LogP contribution in [0.2, 0.25) is 0 Å². The Bertz CT molecular complexity index is 1050. The van der Waals surface area contributed by atoms with Crippen LogP contribution in [0.1, 0.15) is 28.9 Å². The highest BCUT2D eigenvalue weighted by Gasteiger charge is 2.19. The second-order valence-electron chi connectivity index (χ2n) is 6.03. The molecule has 0 bridgehead atoms. The normalized spacial score (nSPS) is 12.7. The van der Waals surface area contributed by atoms with Gasteiger partial charge < -0.3 is 9.67 Å². The third-order valence-corrected chi connectivity index (χ3v) is 5.40. The summed E-state index contributed by atoms with van der Waals surface area (Å²) in [6, 6.07) is 13.2. The molecule has 0 aliphatic rings. The van der Waals surface area contributed by atoms with Crippen LogP contribution in [0, 0.1) is 0 Å². The Hall–Kier alpha value is -2.93. The minimum absolute atomic E-state index is 0.150. The second kappa shape index (κ2) is 6.76. The van der Waals surface area contributed by atoms with Crippen molar-refractivity contribution >= 4 is 15.8 Å². The standard InChI is InChI=1S/C19H18N2O4S/c1-13(14-7-9-15(10-8-14)26(2,24)25)21-12-11-20-18(21)16-5-3-4-6-17(16)19(22)23/h3-13H,1-2H3,(H,22,23). The molecule has 26 heavy (non-hydrogen) atoms. The van der Waals surface area contributed by atoms with Gasteiger partial charge in [-0.1, -0.05) is 30.3 Å². The van der Waals surface area contributed by atoms with Crippen molar-refractivity contribution in [2.75, 3.05) is 6.26 Å². The number of benzene rings is 2. The second-order valence-corrected chi connectivity index (χ2v) is 8.04. The van der Waals surface area contributed by atoms with E-state index in [1.54, 1.807) is 60.9 Å². The average Bonchev–Trinajstić information content (AvgIpc) is 3.10. The Morgan fingerprint density at radius 2 is 1.77 bits per heavy atom. The lowest BCUT2D eigenvalue weighted by atomic mass is 10.1. The topological polar surface area (TPSA) is 89.3 Å². The Morgan fingerprint density at radius 1 is 1.12 bits per heavy atom. The van der Waals surface area contributed by atoms with Crippen LogP contribution in [-0.4, -0.2) is 35.3 Å². The highest BCUT2D eigenvalue weighted by molar-refractivity contribution is 7.90. The summed E-state index contributed by atoms with van der Waals surface area (Å²) in [5, 5.41) is 9.42. The summed E-state index contributed by atoms with van der Waals surface area (Å²) in [4.78, 5) is 16.1. The van der Waals surface area contributed by atoms with Crippen molar-refractivity contribution in [3.8, 4) is 11.4 Å². The van der Waals surface area contributed by atoms with Crippen LogP contribution in [0.25, 0.3) is 11.4 Å². The summed E-state index contributed by atoms with van der Waals surface area (Å²) in [5.41, 5.74) is 1.61. The van der Waals surface area contributed by atoms with Crippen LogP contribution in [-0.2, 0) is 9.84 Å². The summed E-state index contributed by atoms with van der Waals surface area (Å²) in [6.45, 7) is 1.95. The van der Waals surface area contributed by atoms with Gasteiger partial charge in [-0.3, -0.25) is 0 Å². The highest BCUT2D eigenvalue weighted by atomic mass is 32.2. The zero-order valence-corrected chi connectivity index (χ0v) is 15.1. The number of hydrogen-bond donors (Lipinski definition) is 1. The number of rotatable bonds is 5. The van der Waals surface area contributed by atoms with Crippen LogP contribution >= 0.6 is 0 Å². The molecule has 6 nitrogen and oxygen atoms in total. The van der Waals surface area contributed by atoms with Crippen molar-refractivity contribution in [3.05, 3.63) is 72.1 Å². The van der Waals surface area contributed by atoms with E-state index < -0.39 is 15.8 Å². The molecule has 0 aliphatic heterocycles. The number of aromatic nitrogens is 2. The summed E-state index contributed by atoms with van der Waals surface area (Å²) >= 11 is 0. The third-order valence-electron chi connectivity index (χ3n) is 4.27. The fourth-order valence-corrected chi connectivity index (χ4v) is 3.48. The van der Waals surface area contributed by atoms with E-state index in [4.69, 9.17) is 0 Å². The average molecular weight is 370 g/mol. The number of sulfone groups is 1. The van der Waals surface area contributed by atoms with Crippen molar-refractivity contribution in [1.29, 1.82) is 0 Å². The zero-order valence-electron chi connectivity index (χ0n) is 14.3. The molecule has 0 fully saturated rings. The largest absolute Gasteiger partial charge is 0.478 e. The maximum absolute atomic E-state index is 11.6. The lowest BCUT2D eigenvalue weighted by molar-refractivity contribution is 0.0697. The molecule has 0 saturated carbocycles. The van der Waals surface area contributed by atoms with E-state index in [0.717, 1.165) is 5.56 Å². The monoisotopic (exact) mass is 370 g/mol. The molecule has 0 spiro atoms. The van der Waals surface area contributed by atoms with Gasteiger partial charge in [-0.15, -0.1) is 0 Å². The van der Waals surface area contributed by atoms with Gasteiger partial charge in [-0.05, 0) is 30.7 Å². The van der Waals surface area contributed by atoms with E-state index in [0.29, 0.717) is 11.4 Å². The van der Waals surface area contributed by atoms with E-state index in [-0.39, 0.29) is 16.5 Å². The van der Waals surface area contributed by atoms with Crippen molar-refractivity contribution in [1.82, 2.24) is 9.55 Å². The van der Waals surface area contributed by atoms with Crippen molar-refractivity contribution in [2.24, 2.45) is 0 Å². The number of imidazole rings is 1. The smallest absolute Gasteiger partial charge is 0.336 e. The molecule has 1 N–H and O–H groups in total. The molecular formula is C19H18N2O4S. The summed E-state index contributed by atoms with van der Waals surface area (Å²) in [5.74, 6) is -0.469. The van der Waals surface area contributed by atoms with Crippen molar-refractivity contribution in [2.45, 2.75) is 17.9 Å². The molecule has 134 valence electrons. The van der Waals surface area contributed by atoms with Crippen LogP contribution in [0.4, 0.5) is 0 Å². The van der Waals surface area contributed by atoms with Crippen LogP contribution < -0.4 is 0 Å². The molecule has 3 aromatic rings. The molecule has 1 atom stereocenters. The molecule has 1 unspecified atom stereocenters. The van der Waals surface area contributed by atoms with Gasteiger partial charge in [0.25, 0.3) is 0 Å². The Morgan fingerprint density at radius 3 is 2.38 bits per heavy atom. The molecule has 0 aliphatic carbocycles. The fourth-order valence-electron chi connectivity index (χ4n) is 2.85. The Labute approximate surface area is 151 Å². The summed E-state index contributed by atoms with van der Waals surface area (Å²) in [7, 11) is -3.25. The van der Waals surface area contributed by atoms with Crippen LogP contribution in [0.5, 0.6) is 0 Å². The maximum atomic E-state index is 11.6. The number of nitrogens with zero attached hydrogens (tertiary/aromatic N) is 2. The molecule has 0 saturated heterocycles. The minimum atomic E-state index is -3.25. The zero-order chi connectivity index (χ0) is 18.9. The van der Waals surface area contributed by atoms with Gasteiger partial charge in [0.15, 0.2) is 9.84 Å². The van der Waals surface area contributed by atoms with Crippen LogP contribution in [0.3, 0.4) is 0 Å². The molecule has 3 rings (SSSR count). The van der Waals surface area contributed by atoms with Crippen molar-refractivity contribution in [3.63, 3.8) is 0 Å². The van der Waals surface area contributed by atoms with E-state index in [1.165, 1.54) is 6.26 Å². The number of hydrogen-bond acceptors (Lipinski definition) is 4. The maximum Gasteiger partial charge on any atom is 0.336 e. The Kier molecular flexibility index (Phi) is 4.65. The number of carboxylic acids is 1. The predicted molar refractivity (Wildman–Crippen MR) is 98.0 cm³/mol. The molecule has 1 heterocycles. The molecule has 0 radical (unpaired) electrons. The van der Waals surface area contributed by atoms with Gasteiger partial charge in [0.2, 0.25) is 0 Å². The quantitative estimate of drug-likeness (QED) is 0.744. The molecular weight excluding hydrogens is 352 g/mol. The SMILES string of the molecule is CC(c1ccc(S(C)(=O)=O)cc1)n1ccnc1-c1ccccc1C(=O)O. The number of carboxylic acid groups (broad SMARTS) is 1. The van der Waals surface area contributed by atoms with Gasteiger partial charge >= 0.3 is 5.97 Å². The molecule has 7 heteroatoms. The lowest BCUT2D eigenvalue weighted by Crippen LogP contribution is -2.10. The minimum Gasteiger partial charge on any atom is -0.478 e. The summed E-state index contributed by atoms with van der Waals surface area (Å²) in [6.07, 6.45) is 4.57. The van der Waals surface area contributed by atoms with Crippen LogP contribution in [0.15, 0.2) is 65.8 Å². The molecule has 2 aromatic carbocycles. The van der Waals surface area contributed by atoms with E-state index >= 15 is 0 Å². The fraction of sp³-hybridized carbons (Fsp3) is 0.158. The first kappa shape index (κ1) is 17.9. The van der Waals surface area contributed by atoms with E-state index in [1.807, 2.05) is 11.5 Å². The highest BCUT2D eigenvalue weighted by Crippen LogP contribution is 2.28. The lowest BCUT2D eigenvalue weighted by Gasteiger charge is -2.18. The number of aromatic carboxylic acids is 1. The van der Waals surface area contributed by atoms with Gasteiger partial charge in [0.05, 0.1) is 16.5 Å². The summed E-state index contributed by atoms with van der Waals surface area (Å²) < 4.78 is 25.1. The first-order chi connectivity index (χ1) is 12.3. The van der Waals surface area contributed by atoms with E-state index in [2.05, 4.69) is 4.98 Å². The first-order valence-corrected chi connectivity index (χ1v) is 9.83. The van der Waals surface area contributed by atoms with Crippen molar-refractivity contribution < 1.29 is 18.3 Å². The van der Waals surface area contributed by atoms with Gasteiger partial charge in [-0.25, -0.2) is 18.2 Å². The third kappa shape index (κ3) is 3.39. The number of carbonyl (C=O) groups is 1. The molecule has 1 aromatic heterocycles. The first-order valence-electron chi connectivity index (χ1n) is 7.94.